The first-order valence-corrected chi connectivity index (χ1v) is 13.3. The van der Waals surface area contributed by atoms with Crippen LogP contribution in [0.2, 0.25) is 5.02 Å². The topological polar surface area (TPSA) is 115 Å². The van der Waals surface area contributed by atoms with Crippen molar-refractivity contribution in [1.29, 1.82) is 0 Å². The highest BCUT2D eigenvalue weighted by Crippen LogP contribution is 2.36. The van der Waals surface area contributed by atoms with Crippen LogP contribution in [0.5, 0.6) is 23.0 Å². The lowest BCUT2D eigenvalue weighted by Crippen LogP contribution is -2.29. The van der Waals surface area contributed by atoms with Gasteiger partial charge in [0.1, 0.15) is 16.3 Å². The summed E-state index contributed by atoms with van der Waals surface area (Å²) in [6.07, 6.45) is 2.78. The highest BCUT2D eigenvalue weighted by Gasteiger charge is 2.21. The van der Waals surface area contributed by atoms with Crippen molar-refractivity contribution >= 4 is 34.7 Å². The third-order valence-corrected chi connectivity index (χ3v) is 6.45. The maximum atomic E-state index is 15.1. The number of hydrogen-bond donors (Lipinski definition) is 3. The molecule has 0 saturated heterocycles. The number of aromatic hydroxyl groups is 1. The minimum Gasteiger partial charge on any atom is -0.505 e. The van der Waals surface area contributed by atoms with E-state index < -0.39 is 28.9 Å². The predicted molar refractivity (Wildman–Crippen MR) is 158 cm³/mol. The van der Waals surface area contributed by atoms with Crippen molar-refractivity contribution < 1.29 is 28.2 Å². The largest absolute Gasteiger partial charge is 0.505 e. The summed E-state index contributed by atoms with van der Waals surface area (Å²) in [5, 5.41) is 15.4. The Morgan fingerprint density at radius 3 is 2.47 bits per heavy atom. The Hall–Kier alpha value is -5.42. The van der Waals surface area contributed by atoms with Crippen molar-refractivity contribution in [1.82, 2.24) is 9.55 Å². The number of ether oxygens (including phenoxy) is 2. The van der Waals surface area contributed by atoms with Gasteiger partial charge in [-0.1, -0.05) is 29.8 Å². The van der Waals surface area contributed by atoms with Crippen LogP contribution < -0.4 is 25.7 Å². The van der Waals surface area contributed by atoms with Crippen LogP contribution in [0.4, 0.5) is 26.0 Å². The molecule has 2 heterocycles. The van der Waals surface area contributed by atoms with Gasteiger partial charge in [0.05, 0.1) is 12.3 Å². The first kappa shape index (κ1) is 29.1. The second-order valence-electron chi connectivity index (χ2n) is 8.96. The molecule has 0 saturated carbocycles. The zero-order valence-corrected chi connectivity index (χ0v) is 23.2. The molecule has 0 radical (unpaired) electrons. The van der Waals surface area contributed by atoms with Gasteiger partial charge < -0.3 is 25.2 Å². The number of phenols is 1. The summed E-state index contributed by atoms with van der Waals surface area (Å²) in [6.45, 7) is 1.83. The normalized spacial score (nSPS) is 10.7. The van der Waals surface area contributed by atoms with Gasteiger partial charge in [0.25, 0.3) is 11.5 Å². The average Bonchev–Trinajstić information content (AvgIpc) is 2.99. The van der Waals surface area contributed by atoms with Gasteiger partial charge in [-0.25, -0.2) is 13.8 Å². The fraction of sp³-hybridized carbons (Fsp3) is 0.0645. The number of phenolic OH excluding ortho intramolecular Hbond substituents is 1. The number of nitrogens with zero attached hydrogens (tertiary/aromatic N) is 2. The van der Waals surface area contributed by atoms with E-state index in [9.17, 15) is 19.1 Å². The lowest BCUT2D eigenvalue weighted by molar-refractivity contribution is 0.102. The van der Waals surface area contributed by atoms with E-state index in [1.54, 1.807) is 6.92 Å². The third-order valence-electron chi connectivity index (χ3n) is 6.09. The standard InChI is InChI=1S/C31H23ClF2N4O5/c1-2-42-25-13-15-38(20-9-10-21(33)23(39)17-20)31(41)27(25)30(40)37-19-8-11-24(22(34)16-19)43-26-12-14-35-29(28(26)32)36-18-6-4-3-5-7-18/h3-17,39H,2H2,1H3,(H,35,36)(H,37,40). The summed E-state index contributed by atoms with van der Waals surface area (Å²) in [5.41, 5.74) is -0.295. The van der Waals surface area contributed by atoms with Crippen LogP contribution >= 0.6 is 11.6 Å². The lowest BCUT2D eigenvalue weighted by atomic mass is 10.2. The minimum atomic E-state index is -0.879. The number of amides is 1. The average molecular weight is 605 g/mol. The van der Waals surface area contributed by atoms with Crippen LogP contribution in [0.25, 0.3) is 5.69 Å². The van der Waals surface area contributed by atoms with Crippen molar-refractivity contribution in [2.75, 3.05) is 17.2 Å². The van der Waals surface area contributed by atoms with Gasteiger partial charge in [-0.05, 0) is 49.4 Å². The molecule has 3 N–H and O–H groups in total. The molecule has 0 atom stereocenters. The molecule has 0 aliphatic heterocycles. The summed E-state index contributed by atoms with van der Waals surface area (Å²) in [4.78, 5) is 30.8. The number of rotatable bonds is 9. The number of nitrogens with one attached hydrogen (secondary N) is 2. The van der Waals surface area contributed by atoms with Crippen LogP contribution in [0.3, 0.4) is 0 Å². The van der Waals surface area contributed by atoms with Crippen LogP contribution in [0, 0.1) is 11.6 Å². The van der Waals surface area contributed by atoms with Crippen molar-refractivity contribution in [3.05, 3.63) is 124 Å². The van der Waals surface area contributed by atoms with E-state index in [4.69, 9.17) is 21.1 Å². The van der Waals surface area contributed by atoms with Gasteiger partial charge in [-0.2, -0.15) is 0 Å². The number of carbonyl (C=O) groups is 1. The number of para-hydroxylation sites is 1. The fourth-order valence-electron chi connectivity index (χ4n) is 4.08. The number of benzene rings is 3. The van der Waals surface area contributed by atoms with Gasteiger partial charge in [0, 0.05) is 42.0 Å². The van der Waals surface area contributed by atoms with Gasteiger partial charge in [0.15, 0.2) is 34.7 Å². The maximum absolute atomic E-state index is 15.1. The van der Waals surface area contributed by atoms with Gasteiger partial charge in [-0.15, -0.1) is 0 Å². The zero-order valence-electron chi connectivity index (χ0n) is 22.5. The SMILES string of the molecule is CCOc1ccn(-c2ccc(F)c(O)c2)c(=O)c1C(=O)Nc1ccc(Oc2ccnc(Nc3ccccc3)c2Cl)c(F)c1. The Morgan fingerprint density at radius 2 is 1.74 bits per heavy atom. The summed E-state index contributed by atoms with van der Waals surface area (Å²) < 4.78 is 40.9. The van der Waals surface area contributed by atoms with E-state index in [0.717, 1.165) is 28.5 Å². The Morgan fingerprint density at radius 1 is 0.953 bits per heavy atom. The molecular formula is C31H23ClF2N4O5. The lowest BCUT2D eigenvalue weighted by Gasteiger charge is -2.15. The van der Waals surface area contributed by atoms with E-state index in [-0.39, 0.29) is 45.8 Å². The number of aromatic nitrogens is 2. The molecule has 9 nitrogen and oxygen atoms in total. The Bertz CT molecular complexity index is 1870. The van der Waals surface area contributed by atoms with E-state index in [1.807, 2.05) is 30.3 Å². The second kappa shape index (κ2) is 12.6. The minimum absolute atomic E-state index is 0.0137. The molecule has 2 aromatic heterocycles. The van der Waals surface area contributed by atoms with Crippen LogP contribution in [0.15, 0.2) is 96.1 Å². The van der Waals surface area contributed by atoms with E-state index in [0.29, 0.717) is 5.82 Å². The van der Waals surface area contributed by atoms with E-state index in [1.165, 1.54) is 42.7 Å². The number of carbonyl (C=O) groups excluding carboxylic acids is 1. The van der Waals surface area contributed by atoms with Gasteiger partial charge in [-0.3, -0.25) is 14.2 Å². The van der Waals surface area contributed by atoms with Crippen molar-refractivity contribution in [3.63, 3.8) is 0 Å². The molecule has 0 unspecified atom stereocenters. The molecule has 5 aromatic rings. The third kappa shape index (κ3) is 6.41. The first-order chi connectivity index (χ1) is 20.7. The Balaban J connectivity index is 1.38. The highest BCUT2D eigenvalue weighted by atomic mass is 35.5. The molecule has 5 rings (SSSR count). The number of pyridine rings is 2. The fourth-order valence-corrected chi connectivity index (χ4v) is 4.28. The van der Waals surface area contributed by atoms with E-state index in [2.05, 4.69) is 15.6 Å². The Kier molecular flexibility index (Phi) is 8.54. The number of hydrogen-bond acceptors (Lipinski definition) is 7. The molecule has 0 spiro atoms. The zero-order chi connectivity index (χ0) is 30.5. The molecule has 0 fully saturated rings. The predicted octanol–water partition coefficient (Wildman–Crippen LogP) is 7.06. The molecule has 3 aromatic carbocycles. The van der Waals surface area contributed by atoms with Crippen molar-refractivity contribution in [2.24, 2.45) is 0 Å². The molecule has 0 bridgehead atoms. The van der Waals surface area contributed by atoms with Gasteiger partial charge in [0.2, 0.25) is 0 Å². The first-order valence-electron chi connectivity index (χ1n) is 12.9. The summed E-state index contributed by atoms with van der Waals surface area (Å²) in [7, 11) is 0. The second-order valence-corrected chi connectivity index (χ2v) is 9.34. The number of halogens is 3. The molecule has 12 heteroatoms. The molecule has 0 aliphatic rings. The Labute approximate surface area is 248 Å². The molecule has 0 aliphatic carbocycles. The summed E-state index contributed by atoms with van der Waals surface area (Å²) in [6, 6.07) is 19.1. The van der Waals surface area contributed by atoms with Crippen molar-refractivity contribution in [3.8, 4) is 28.7 Å². The molecular weight excluding hydrogens is 582 g/mol. The van der Waals surface area contributed by atoms with Crippen LogP contribution in [0.1, 0.15) is 17.3 Å². The summed E-state index contributed by atoms with van der Waals surface area (Å²) >= 11 is 6.45. The van der Waals surface area contributed by atoms with Crippen LogP contribution in [-0.2, 0) is 0 Å². The smallest absolute Gasteiger partial charge is 0.271 e. The highest BCUT2D eigenvalue weighted by molar-refractivity contribution is 6.34. The number of anilines is 3. The molecule has 43 heavy (non-hydrogen) atoms. The van der Waals surface area contributed by atoms with Crippen molar-refractivity contribution in [2.45, 2.75) is 6.92 Å². The van der Waals surface area contributed by atoms with Gasteiger partial charge >= 0.3 is 0 Å². The summed E-state index contributed by atoms with van der Waals surface area (Å²) in [5.74, 6) is -2.97. The molecule has 218 valence electrons. The monoisotopic (exact) mass is 604 g/mol. The van der Waals surface area contributed by atoms with E-state index >= 15 is 4.39 Å². The quantitative estimate of drug-likeness (QED) is 0.165. The maximum Gasteiger partial charge on any atom is 0.271 e. The molecule has 1 amide bonds. The van der Waals surface area contributed by atoms with Crippen LogP contribution in [-0.4, -0.2) is 27.2 Å².